The van der Waals surface area contributed by atoms with Crippen molar-refractivity contribution in [2.45, 2.75) is 19.3 Å². The van der Waals surface area contributed by atoms with Crippen LogP contribution in [0, 0.1) is 0 Å². The second-order valence-corrected chi connectivity index (χ2v) is 16.7. The fourth-order valence-corrected chi connectivity index (χ4v) is 8.69. The van der Waals surface area contributed by atoms with Crippen molar-refractivity contribution in [3.05, 3.63) is 230 Å². The van der Waals surface area contributed by atoms with E-state index < -0.39 is 0 Å². The van der Waals surface area contributed by atoms with Crippen LogP contribution in [0.3, 0.4) is 0 Å². The van der Waals surface area contributed by atoms with E-state index in [4.69, 9.17) is 24.7 Å². The fourth-order valence-electron chi connectivity index (χ4n) is 8.69. The van der Waals surface area contributed by atoms with E-state index >= 15 is 0 Å². The third-order valence-corrected chi connectivity index (χ3v) is 12.2. The van der Waals surface area contributed by atoms with Crippen LogP contribution in [0.25, 0.3) is 90.1 Å². The summed E-state index contributed by atoms with van der Waals surface area (Å²) in [6.45, 7) is 4.59. The molecule has 3 heterocycles. The Morgan fingerprint density at radius 2 is 0.594 bits per heavy atom. The highest BCUT2D eigenvalue weighted by molar-refractivity contribution is 5.79. The molecule has 0 atom stereocenters. The molecule has 64 heavy (non-hydrogen) atoms. The molecule has 1 aliphatic rings. The van der Waals surface area contributed by atoms with Crippen molar-refractivity contribution in [3.8, 4) is 102 Å². The van der Waals surface area contributed by atoms with Crippen LogP contribution in [0.1, 0.15) is 25.0 Å². The van der Waals surface area contributed by atoms with Crippen LogP contribution >= 0.6 is 0 Å². The van der Waals surface area contributed by atoms with Crippen molar-refractivity contribution in [2.75, 3.05) is 0 Å². The molecule has 5 nitrogen and oxygen atoms in total. The minimum atomic E-state index is -0.353. The maximum Gasteiger partial charge on any atom is 0.160 e. The zero-order valence-electron chi connectivity index (χ0n) is 35.5. The van der Waals surface area contributed by atoms with Gasteiger partial charge in [0.25, 0.3) is 0 Å². The van der Waals surface area contributed by atoms with Gasteiger partial charge in [0, 0.05) is 49.9 Å². The quantitative estimate of drug-likeness (QED) is 0.153. The Hall–Kier alpha value is -8.28. The second kappa shape index (κ2) is 16.2. The molecule has 8 aromatic carbocycles. The highest BCUT2D eigenvalue weighted by Crippen LogP contribution is 2.50. The number of aromatic nitrogens is 4. The number of hydrogen-bond acceptors (Lipinski definition) is 5. The largest absolute Gasteiger partial charge is 0.457 e. The van der Waals surface area contributed by atoms with Gasteiger partial charge in [0.1, 0.15) is 11.5 Å². The van der Waals surface area contributed by atoms with Crippen molar-refractivity contribution in [3.63, 3.8) is 0 Å². The van der Waals surface area contributed by atoms with Crippen LogP contribution in [0.2, 0.25) is 0 Å². The van der Waals surface area contributed by atoms with Crippen molar-refractivity contribution in [2.24, 2.45) is 0 Å². The maximum atomic E-state index is 6.67. The van der Waals surface area contributed by atoms with Gasteiger partial charge in [-0.25, -0.2) is 19.9 Å². The molecule has 0 radical (unpaired) electrons. The summed E-state index contributed by atoms with van der Waals surface area (Å²) in [5.41, 5.74) is 16.0. The van der Waals surface area contributed by atoms with Gasteiger partial charge in [-0.2, -0.15) is 0 Å². The van der Waals surface area contributed by atoms with Gasteiger partial charge in [-0.3, -0.25) is 0 Å². The lowest BCUT2D eigenvalue weighted by atomic mass is 9.74. The Balaban J connectivity index is 0.931. The maximum absolute atomic E-state index is 6.67. The molecule has 0 aliphatic carbocycles. The standard InChI is InChI=1S/C59H42N4O/c1-59(2)49-35-45(43-25-15-27-47(33-43)53-37-51(39-17-7-3-8-18-39)60-57(62-53)41-21-11-5-12-22-41)29-31-55(49)64-56-32-30-46(36-50(56)59)44-26-16-28-48(34-44)54-38-52(40-19-9-4-10-20-40)61-58(63-54)42-23-13-6-14-24-42/h3-38H,1-2H3. The molecule has 0 N–H and O–H groups in total. The number of benzene rings is 8. The molecule has 0 amide bonds. The average molecular weight is 823 g/mol. The lowest BCUT2D eigenvalue weighted by Gasteiger charge is -2.35. The molecule has 0 bridgehead atoms. The van der Waals surface area contributed by atoms with E-state index in [2.05, 4.69) is 159 Å². The molecule has 1 aliphatic heterocycles. The first-order chi connectivity index (χ1) is 31.4. The monoisotopic (exact) mass is 822 g/mol. The molecule has 10 aromatic rings. The van der Waals surface area contributed by atoms with E-state index in [0.29, 0.717) is 11.6 Å². The minimum Gasteiger partial charge on any atom is -0.457 e. The van der Waals surface area contributed by atoms with Crippen LogP contribution in [0.5, 0.6) is 11.5 Å². The van der Waals surface area contributed by atoms with E-state index in [-0.39, 0.29) is 5.41 Å². The second-order valence-electron chi connectivity index (χ2n) is 16.7. The molecule has 0 saturated heterocycles. The number of hydrogen-bond donors (Lipinski definition) is 0. The smallest absolute Gasteiger partial charge is 0.160 e. The summed E-state index contributed by atoms with van der Waals surface area (Å²) in [6, 6.07) is 75.5. The van der Waals surface area contributed by atoms with Crippen molar-refractivity contribution in [1.82, 2.24) is 19.9 Å². The Morgan fingerprint density at radius 1 is 0.281 bits per heavy atom. The van der Waals surface area contributed by atoms with Gasteiger partial charge in [-0.05, 0) is 70.8 Å². The molecule has 11 rings (SSSR count). The molecule has 5 heteroatoms. The van der Waals surface area contributed by atoms with E-state index in [0.717, 1.165) is 101 Å². The summed E-state index contributed by atoms with van der Waals surface area (Å²) >= 11 is 0. The molecular weight excluding hydrogens is 781 g/mol. The normalized spacial score (nSPS) is 12.5. The third kappa shape index (κ3) is 7.43. The van der Waals surface area contributed by atoms with Gasteiger partial charge in [-0.15, -0.1) is 0 Å². The van der Waals surface area contributed by atoms with Crippen LogP contribution in [0.15, 0.2) is 218 Å². The SMILES string of the molecule is CC1(C)c2cc(-c3cccc(-c4cc(-c5ccccc5)nc(-c5ccccc5)n4)c3)ccc2Oc2ccc(-c3cccc(-c4cc(-c5ccccc5)nc(-c5ccccc5)n4)c3)cc21. The molecule has 304 valence electrons. The van der Waals surface area contributed by atoms with Crippen molar-refractivity contribution in [1.29, 1.82) is 0 Å². The lowest BCUT2D eigenvalue weighted by Crippen LogP contribution is -2.24. The summed E-state index contributed by atoms with van der Waals surface area (Å²) in [4.78, 5) is 20.2. The highest BCUT2D eigenvalue weighted by atomic mass is 16.5. The number of rotatable bonds is 8. The first kappa shape index (κ1) is 38.6. The van der Waals surface area contributed by atoms with Gasteiger partial charge < -0.3 is 4.74 Å². The average Bonchev–Trinajstić information content (AvgIpc) is 3.37. The Labute approximate surface area is 373 Å². The molecule has 2 aromatic heterocycles. The molecule has 0 unspecified atom stereocenters. The van der Waals surface area contributed by atoms with Gasteiger partial charge >= 0.3 is 0 Å². The predicted octanol–water partition coefficient (Wildman–Crippen LogP) is 15.0. The summed E-state index contributed by atoms with van der Waals surface area (Å²) < 4.78 is 6.67. The van der Waals surface area contributed by atoms with E-state index in [1.165, 1.54) is 0 Å². The summed E-state index contributed by atoms with van der Waals surface area (Å²) in [5, 5.41) is 0. The molecule has 0 saturated carbocycles. The molecule has 0 fully saturated rings. The van der Waals surface area contributed by atoms with Gasteiger partial charge in [0.2, 0.25) is 0 Å². The number of fused-ring (bicyclic) bond motifs is 2. The zero-order chi connectivity index (χ0) is 43.0. The Kier molecular flexibility index (Phi) is 9.78. The third-order valence-electron chi connectivity index (χ3n) is 12.2. The van der Waals surface area contributed by atoms with Crippen LogP contribution in [-0.2, 0) is 5.41 Å². The molecular formula is C59H42N4O. The van der Waals surface area contributed by atoms with Crippen LogP contribution in [-0.4, -0.2) is 19.9 Å². The first-order valence-electron chi connectivity index (χ1n) is 21.6. The van der Waals surface area contributed by atoms with Crippen molar-refractivity contribution >= 4 is 0 Å². The van der Waals surface area contributed by atoms with E-state index in [1.807, 2.05) is 72.8 Å². The van der Waals surface area contributed by atoms with E-state index in [1.54, 1.807) is 0 Å². The first-order valence-corrected chi connectivity index (χ1v) is 21.6. The Morgan fingerprint density at radius 3 is 0.984 bits per heavy atom. The summed E-state index contributed by atoms with van der Waals surface area (Å²) in [7, 11) is 0. The van der Waals surface area contributed by atoms with Crippen molar-refractivity contribution < 1.29 is 4.74 Å². The number of ether oxygens (including phenoxy) is 1. The zero-order valence-corrected chi connectivity index (χ0v) is 35.5. The topological polar surface area (TPSA) is 60.8 Å². The highest BCUT2D eigenvalue weighted by Gasteiger charge is 2.35. The minimum absolute atomic E-state index is 0.353. The van der Waals surface area contributed by atoms with E-state index in [9.17, 15) is 0 Å². The van der Waals surface area contributed by atoms with Gasteiger partial charge in [0.05, 0.1) is 22.8 Å². The van der Waals surface area contributed by atoms with Gasteiger partial charge in [-0.1, -0.05) is 184 Å². The fraction of sp³-hybridized carbons (Fsp3) is 0.0508. The van der Waals surface area contributed by atoms with Crippen LogP contribution in [0.4, 0.5) is 0 Å². The lowest BCUT2D eigenvalue weighted by molar-refractivity contribution is 0.418. The van der Waals surface area contributed by atoms with Gasteiger partial charge in [0.15, 0.2) is 11.6 Å². The summed E-state index contributed by atoms with van der Waals surface area (Å²) in [5.74, 6) is 3.14. The number of nitrogens with zero attached hydrogens (tertiary/aromatic N) is 4. The molecule has 0 spiro atoms. The van der Waals surface area contributed by atoms with Crippen LogP contribution < -0.4 is 4.74 Å². The Bertz CT molecular complexity index is 2980. The summed E-state index contributed by atoms with van der Waals surface area (Å²) in [6.07, 6.45) is 0. The predicted molar refractivity (Wildman–Crippen MR) is 260 cm³/mol.